The Morgan fingerprint density at radius 2 is 1.85 bits per heavy atom. The van der Waals surface area contributed by atoms with Crippen molar-refractivity contribution in [2.75, 3.05) is 26.3 Å². The minimum absolute atomic E-state index is 0. The van der Waals surface area contributed by atoms with Crippen molar-refractivity contribution in [2.45, 2.75) is 25.5 Å². The monoisotopic (exact) mass is 473 g/mol. The second-order valence-corrected chi connectivity index (χ2v) is 8.37. The lowest BCUT2D eigenvalue weighted by atomic mass is 9.84. The van der Waals surface area contributed by atoms with Crippen molar-refractivity contribution in [3.05, 3.63) is 64.7 Å². The number of benzene rings is 2. The van der Waals surface area contributed by atoms with Crippen LogP contribution in [0.4, 0.5) is 0 Å². The van der Waals surface area contributed by atoms with Crippen molar-refractivity contribution in [2.24, 2.45) is 16.8 Å². The summed E-state index contributed by atoms with van der Waals surface area (Å²) >= 11 is 0. The van der Waals surface area contributed by atoms with E-state index in [0.717, 1.165) is 24.2 Å². The average Bonchev–Trinajstić information content (AvgIpc) is 2.78. The third-order valence-electron chi connectivity index (χ3n) is 5.88. The summed E-state index contributed by atoms with van der Waals surface area (Å²) in [6, 6.07) is 12.5. The number of ketones is 1. The summed E-state index contributed by atoms with van der Waals surface area (Å²) in [6.45, 7) is 4.58. The Kier molecular flexibility index (Phi) is 7.73. The topological polar surface area (TPSA) is 114 Å². The molecule has 1 fully saturated rings. The molecule has 2 heterocycles. The second-order valence-electron chi connectivity index (χ2n) is 8.37. The van der Waals surface area contributed by atoms with E-state index in [9.17, 15) is 14.7 Å². The van der Waals surface area contributed by atoms with Gasteiger partial charge in [0, 0.05) is 17.0 Å². The first kappa shape index (κ1) is 24.7. The van der Waals surface area contributed by atoms with E-state index in [-0.39, 0.29) is 30.5 Å². The summed E-state index contributed by atoms with van der Waals surface area (Å²) < 4.78 is 11.2. The van der Waals surface area contributed by atoms with Gasteiger partial charge in [0.1, 0.15) is 5.75 Å². The van der Waals surface area contributed by atoms with Gasteiger partial charge in [0.05, 0.1) is 38.9 Å². The molecule has 2 aromatic rings. The van der Waals surface area contributed by atoms with Crippen LogP contribution in [0.25, 0.3) is 0 Å². The number of carbonyl (C=O) groups excluding carboxylic acids is 1. The molecule has 0 aromatic heterocycles. The Bertz CT molecular complexity index is 1030. The van der Waals surface area contributed by atoms with Gasteiger partial charge in [0.2, 0.25) is 0 Å². The average molecular weight is 474 g/mol. The van der Waals surface area contributed by atoms with Crippen LogP contribution in [-0.2, 0) is 16.0 Å². The number of hydrogen-bond donors (Lipinski definition) is 2. The number of nitrogens with two attached hydrogens (primary N) is 1. The van der Waals surface area contributed by atoms with E-state index in [1.807, 2.05) is 17.1 Å². The minimum Gasteiger partial charge on any atom is -0.481 e. The molecule has 0 radical (unpaired) electrons. The number of hydrogen-bond acceptors (Lipinski definition) is 7. The Morgan fingerprint density at radius 3 is 2.52 bits per heavy atom. The minimum atomic E-state index is -1.07. The highest BCUT2D eigenvalue weighted by Crippen LogP contribution is 2.37. The molecular weight excluding hydrogens is 446 g/mol. The number of morpholine rings is 1. The summed E-state index contributed by atoms with van der Waals surface area (Å²) in [5.41, 5.74) is 7.90. The fourth-order valence-corrected chi connectivity index (χ4v) is 3.96. The first-order valence-corrected chi connectivity index (χ1v) is 10.7. The molecule has 1 saturated heterocycles. The van der Waals surface area contributed by atoms with E-state index < -0.39 is 11.7 Å². The van der Waals surface area contributed by atoms with Crippen LogP contribution < -0.4 is 10.5 Å². The molecule has 3 N–H and O–H groups in total. The Balaban J connectivity index is 0.00000306. The van der Waals surface area contributed by atoms with Crippen LogP contribution in [0.2, 0.25) is 0 Å². The number of aliphatic carboxylic acids is 1. The largest absolute Gasteiger partial charge is 0.481 e. The zero-order chi connectivity index (χ0) is 22.7. The maximum absolute atomic E-state index is 13.0. The van der Waals surface area contributed by atoms with Crippen LogP contribution in [0, 0.1) is 5.92 Å². The second kappa shape index (κ2) is 10.3. The zero-order valence-electron chi connectivity index (χ0n) is 18.4. The molecule has 2 aromatic carbocycles. The van der Waals surface area contributed by atoms with Crippen molar-refractivity contribution in [3.8, 4) is 5.75 Å². The van der Waals surface area contributed by atoms with Crippen LogP contribution in [0.5, 0.6) is 5.75 Å². The number of rotatable bonds is 6. The van der Waals surface area contributed by atoms with Crippen LogP contribution in [0.15, 0.2) is 47.6 Å². The highest BCUT2D eigenvalue weighted by molar-refractivity contribution is 6.09. The molecule has 0 amide bonds. The standard InChI is InChI=1S/C24H27N3O5.ClH/c1-24(25)20(14-22(28)29)13-19-12-18(6-7-21(19)32-24)23(30)17-4-2-16(3-5-17)15-26-27-8-10-31-11-9-27;/h2-7,12,15,20H,8-11,13-14,25H2,1H3,(H,28,29);1H. The molecule has 4 rings (SSSR count). The molecule has 9 heteroatoms. The van der Waals surface area contributed by atoms with Gasteiger partial charge in [-0.3, -0.25) is 20.3 Å². The predicted molar refractivity (Wildman–Crippen MR) is 126 cm³/mol. The molecule has 176 valence electrons. The van der Waals surface area contributed by atoms with Crippen molar-refractivity contribution >= 4 is 30.4 Å². The van der Waals surface area contributed by atoms with Crippen molar-refractivity contribution in [1.82, 2.24) is 5.01 Å². The lowest BCUT2D eigenvalue weighted by Gasteiger charge is -2.39. The predicted octanol–water partition coefficient (Wildman–Crippen LogP) is 2.71. The Hall–Kier alpha value is -2.94. The fraction of sp³-hybridized carbons (Fsp3) is 0.375. The number of carboxylic acid groups (broad SMARTS) is 1. The lowest BCUT2D eigenvalue weighted by Crippen LogP contribution is -2.53. The van der Waals surface area contributed by atoms with Crippen LogP contribution in [0.1, 0.15) is 40.4 Å². The van der Waals surface area contributed by atoms with Crippen molar-refractivity contribution in [3.63, 3.8) is 0 Å². The first-order chi connectivity index (χ1) is 15.3. The molecule has 33 heavy (non-hydrogen) atoms. The van der Waals surface area contributed by atoms with E-state index in [1.54, 1.807) is 43.5 Å². The van der Waals surface area contributed by atoms with E-state index >= 15 is 0 Å². The summed E-state index contributed by atoms with van der Waals surface area (Å²) in [7, 11) is 0. The van der Waals surface area contributed by atoms with E-state index in [0.29, 0.717) is 36.5 Å². The third kappa shape index (κ3) is 5.90. The van der Waals surface area contributed by atoms with Gasteiger partial charge in [0.15, 0.2) is 11.5 Å². The summed E-state index contributed by atoms with van der Waals surface area (Å²) in [6.07, 6.45) is 2.12. The molecule has 0 saturated carbocycles. The summed E-state index contributed by atoms with van der Waals surface area (Å²) in [5.74, 6) is -0.839. The number of nitrogens with zero attached hydrogens (tertiary/aromatic N) is 2. The zero-order valence-corrected chi connectivity index (χ0v) is 19.2. The van der Waals surface area contributed by atoms with Gasteiger partial charge in [-0.15, -0.1) is 12.4 Å². The number of carbonyl (C=O) groups is 2. The van der Waals surface area contributed by atoms with Gasteiger partial charge in [-0.25, -0.2) is 0 Å². The molecule has 8 nitrogen and oxygen atoms in total. The highest BCUT2D eigenvalue weighted by atomic mass is 35.5. The first-order valence-electron chi connectivity index (χ1n) is 10.7. The van der Waals surface area contributed by atoms with Crippen molar-refractivity contribution < 1.29 is 24.2 Å². The van der Waals surface area contributed by atoms with Crippen LogP contribution in [0.3, 0.4) is 0 Å². The Labute approximate surface area is 198 Å². The number of halogens is 1. The molecule has 2 aliphatic heterocycles. The van der Waals surface area contributed by atoms with Gasteiger partial charge < -0.3 is 14.6 Å². The smallest absolute Gasteiger partial charge is 0.303 e. The number of ether oxygens (including phenoxy) is 2. The van der Waals surface area contributed by atoms with Gasteiger partial charge in [-0.1, -0.05) is 24.3 Å². The van der Waals surface area contributed by atoms with E-state index in [1.165, 1.54) is 0 Å². The molecular formula is C24H28ClN3O5. The maximum Gasteiger partial charge on any atom is 0.303 e. The van der Waals surface area contributed by atoms with Gasteiger partial charge in [-0.05, 0) is 42.7 Å². The molecule has 2 aliphatic rings. The SMILES string of the molecule is CC1(N)Oc2ccc(C(=O)c3ccc(C=NN4CCOCC4)cc3)cc2CC1CC(=O)O.Cl. The fourth-order valence-electron chi connectivity index (χ4n) is 3.96. The van der Waals surface area contributed by atoms with E-state index in [2.05, 4.69) is 5.10 Å². The number of hydrazone groups is 1. The highest BCUT2D eigenvalue weighted by Gasteiger charge is 2.39. The van der Waals surface area contributed by atoms with Gasteiger partial charge >= 0.3 is 5.97 Å². The normalized spacial score (nSPS) is 22.2. The third-order valence-corrected chi connectivity index (χ3v) is 5.88. The van der Waals surface area contributed by atoms with Gasteiger partial charge in [0.25, 0.3) is 0 Å². The Morgan fingerprint density at radius 1 is 1.18 bits per heavy atom. The lowest BCUT2D eigenvalue weighted by molar-refractivity contribution is -0.140. The van der Waals surface area contributed by atoms with Crippen LogP contribution in [-0.4, -0.2) is 60.1 Å². The quantitative estimate of drug-likeness (QED) is 0.489. The van der Waals surface area contributed by atoms with Gasteiger partial charge in [-0.2, -0.15) is 5.10 Å². The molecule has 0 bridgehead atoms. The number of carboxylic acids is 1. The molecule has 0 aliphatic carbocycles. The summed E-state index contributed by atoms with van der Waals surface area (Å²) in [4.78, 5) is 24.2. The maximum atomic E-state index is 13.0. The molecule has 2 atom stereocenters. The van der Waals surface area contributed by atoms with E-state index in [4.69, 9.17) is 15.2 Å². The molecule has 2 unspecified atom stereocenters. The summed E-state index contributed by atoms with van der Waals surface area (Å²) in [5, 5.41) is 15.6. The molecule has 0 spiro atoms. The number of fused-ring (bicyclic) bond motifs is 1. The van der Waals surface area contributed by atoms with Crippen LogP contribution >= 0.6 is 12.4 Å². The van der Waals surface area contributed by atoms with Crippen molar-refractivity contribution in [1.29, 1.82) is 0 Å².